The van der Waals surface area contributed by atoms with E-state index in [9.17, 15) is 4.79 Å². The van der Waals surface area contributed by atoms with Gasteiger partial charge in [-0.1, -0.05) is 72.8 Å². The van der Waals surface area contributed by atoms with Crippen LogP contribution in [0.2, 0.25) is 0 Å². The standard InChI is InChI=1S/C30H23N5O2/c1-37-23-16-14-21(15-17-23)27-24(32-26-13-8-18-31-33-26)19-25-28(20-9-4-2-5-10-20)29(34-35(25)30(27)36)22-11-6-3-7-12-22/h2-18H,19H2,1H3,(H,32,33). The van der Waals surface area contributed by atoms with Crippen molar-refractivity contribution in [3.63, 3.8) is 0 Å². The average molecular weight is 486 g/mol. The lowest BCUT2D eigenvalue weighted by Crippen LogP contribution is -2.26. The summed E-state index contributed by atoms with van der Waals surface area (Å²) in [6.45, 7) is 0. The third-order valence-electron chi connectivity index (χ3n) is 6.37. The van der Waals surface area contributed by atoms with Crippen molar-refractivity contribution in [2.75, 3.05) is 12.4 Å². The molecule has 1 aliphatic rings. The van der Waals surface area contributed by atoms with E-state index in [4.69, 9.17) is 9.84 Å². The maximum Gasteiger partial charge on any atom is 0.280 e. The van der Waals surface area contributed by atoms with E-state index in [1.165, 1.54) is 0 Å². The Morgan fingerprint density at radius 1 is 0.811 bits per heavy atom. The van der Waals surface area contributed by atoms with Gasteiger partial charge in [-0.05, 0) is 35.4 Å². The highest BCUT2D eigenvalue weighted by Crippen LogP contribution is 2.40. The first kappa shape index (κ1) is 22.4. The number of benzene rings is 3. The van der Waals surface area contributed by atoms with Crippen LogP contribution in [0.15, 0.2) is 109 Å². The molecule has 0 spiro atoms. The van der Waals surface area contributed by atoms with Crippen LogP contribution in [0.25, 0.3) is 28.0 Å². The number of rotatable bonds is 6. The Balaban J connectivity index is 1.56. The monoisotopic (exact) mass is 485 g/mol. The van der Waals surface area contributed by atoms with Crippen molar-refractivity contribution >= 4 is 17.3 Å². The molecule has 0 aliphatic carbocycles. The number of carbonyl (C=O) groups is 1. The van der Waals surface area contributed by atoms with E-state index in [2.05, 4.69) is 15.5 Å². The van der Waals surface area contributed by atoms with E-state index in [1.54, 1.807) is 24.1 Å². The number of nitrogens with one attached hydrogen (secondary N) is 1. The van der Waals surface area contributed by atoms with Crippen LogP contribution in [0.4, 0.5) is 5.82 Å². The highest BCUT2D eigenvalue weighted by molar-refractivity contribution is 6.23. The van der Waals surface area contributed by atoms with Crippen molar-refractivity contribution in [3.8, 4) is 28.1 Å². The summed E-state index contributed by atoms with van der Waals surface area (Å²) in [4.78, 5) is 14.1. The van der Waals surface area contributed by atoms with E-state index in [0.29, 0.717) is 23.6 Å². The highest BCUT2D eigenvalue weighted by Gasteiger charge is 2.33. The Bertz CT molecular complexity index is 1590. The zero-order chi connectivity index (χ0) is 25.2. The minimum Gasteiger partial charge on any atom is -0.497 e. The van der Waals surface area contributed by atoms with Gasteiger partial charge in [-0.3, -0.25) is 4.79 Å². The molecular weight excluding hydrogens is 462 g/mol. The van der Waals surface area contributed by atoms with Crippen LogP contribution in [0.3, 0.4) is 0 Å². The fraction of sp³-hybridized carbons (Fsp3) is 0.0667. The number of fused-ring (bicyclic) bond motifs is 1. The predicted molar refractivity (Wildman–Crippen MR) is 143 cm³/mol. The van der Waals surface area contributed by atoms with Gasteiger partial charge in [-0.25, -0.2) is 0 Å². The first-order valence-electron chi connectivity index (χ1n) is 11.9. The number of ether oxygens (including phenoxy) is 1. The molecule has 1 N–H and O–H groups in total. The number of hydrogen-bond donors (Lipinski definition) is 1. The van der Waals surface area contributed by atoms with Gasteiger partial charge in [0, 0.05) is 29.4 Å². The molecule has 0 saturated heterocycles. The van der Waals surface area contributed by atoms with Gasteiger partial charge < -0.3 is 10.1 Å². The summed E-state index contributed by atoms with van der Waals surface area (Å²) >= 11 is 0. The van der Waals surface area contributed by atoms with E-state index in [-0.39, 0.29) is 5.91 Å². The zero-order valence-electron chi connectivity index (χ0n) is 20.1. The van der Waals surface area contributed by atoms with Crippen LogP contribution >= 0.6 is 0 Å². The van der Waals surface area contributed by atoms with E-state index in [0.717, 1.165) is 39.3 Å². The number of anilines is 1. The van der Waals surface area contributed by atoms with E-state index < -0.39 is 0 Å². The molecule has 0 bridgehead atoms. The van der Waals surface area contributed by atoms with Crippen molar-refractivity contribution < 1.29 is 9.53 Å². The Hall–Kier alpha value is -5.04. The lowest BCUT2D eigenvalue weighted by Gasteiger charge is -2.23. The summed E-state index contributed by atoms with van der Waals surface area (Å²) in [5.41, 5.74) is 6.51. The second kappa shape index (κ2) is 9.54. The molecule has 3 heterocycles. The molecule has 2 aromatic heterocycles. The topological polar surface area (TPSA) is 81.9 Å². The van der Waals surface area contributed by atoms with Crippen molar-refractivity contribution in [1.82, 2.24) is 20.0 Å². The summed E-state index contributed by atoms with van der Waals surface area (Å²) in [6.07, 6.45) is 2.07. The van der Waals surface area contributed by atoms with Gasteiger partial charge in [0.1, 0.15) is 11.4 Å². The van der Waals surface area contributed by atoms with Crippen LogP contribution in [0, 0.1) is 0 Å². The predicted octanol–water partition coefficient (Wildman–Crippen LogP) is 5.74. The van der Waals surface area contributed by atoms with Crippen LogP contribution < -0.4 is 10.1 Å². The fourth-order valence-corrected chi connectivity index (χ4v) is 4.67. The number of hydrogen-bond acceptors (Lipinski definition) is 6. The van der Waals surface area contributed by atoms with E-state index >= 15 is 0 Å². The zero-order valence-corrected chi connectivity index (χ0v) is 20.1. The Morgan fingerprint density at radius 2 is 1.51 bits per heavy atom. The molecular formula is C30H23N5O2. The molecule has 7 heteroatoms. The molecule has 6 rings (SSSR count). The third kappa shape index (κ3) is 4.16. The lowest BCUT2D eigenvalue weighted by atomic mass is 9.92. The average Bonchev–Trinajstić information content (AvgIpc) is 3.35. The van der Waals surface area contributed by atoms with Crippen LogP contribution in [-0.2, 0) is 6.42 Å². The van der Waals surface area contributed by atoms with Crippen molar-refractivity contribution in [1.29, 1.82) is 0 Å². The highest BCUT2D eigenvalue weighted by atomic mass is 16.5. The first-order chi connectivity index (χ1) is 18.2. The molecule has 180 valence electrons. The molecule has 0 unspecified atom stereocenters. The maximum absolute atomic E-state index is 14.1. The maximum atomic E-state index is 14.1. The van der Waals surface area contributed by atoms with Gasteiger partial charge in [0.05, 0.1) is 18.4 Å². The second-order valence-corrected chi connectivity index (χ2v) is 8.61. The molecule has 5 aromatic rings. The van der Waals surface area contributed by atoms with Gasteiger partial charge in [0.25, 0.3) is 5.91 Å². The van der Waals surface area contributed by atoms with Crippen LogP contribution in [-0.4, -0.2) is 33.0 Å². The van der Waals surface area contributed by atoms with Gasteiger partial charge in [0.15, 0.2) is 5.82 Å². The molecule has 1 aliphatic heterocycles. The summed E-state index contributed by atoms with van der Waals surface area (Å²) in [5, 5.41) is 16.4. The summed E-state index contributed by atoms with van der Waals surface area (Å²) in [5.74, 6) is 1.07. The smallest absolute Gasteiger partial charge is 0.280 e. The second-order valence-electron chi connectivity index (χ2n) is 8.61. The van der Waals surface area contributed by atoms with Gasteiger partial charge in [0.2, 0.25) is 0 Å². The van der Waals surface area contributed by atoms with Crippen LogP contribution in [0.5, 0.6) is 5.75 Å². The summed E-state index contributed by atoms with van der Waals surface area (Å²) < 4.78 is 6.87. The fourth-order valence-electron chi connectivity index (χ4n) is 4.67. The number of allylic oxidation sites excluding steroid dienone is 2. The van der Waals surface area contributed by atoms with Gasteiger partial charge >= 0.3 is 0 Å². The minimum absolute atomic E-state index is 0.211. The summed E-state index contributed by atoms with van der Waals surface area (Å²) in [7, 11) is 1.62. The largest absolute Gasteiger partial charge is 0.497 e. The molecule has 0 amide bonds. The minimum atomic E-state index is -0.211. The van der Waals surface area contributed by atoms with Crippen molar-refractivity contribution in [2.24, 2.45) is 0 Å². The molecule has 3 aromatic carbocycles. The van der Waals surface area contributed by atoms with Crippen molar-refractivity contribution in [3.05, 3.63) is 120 Å². The number of methoxy groups -OCH3 is 1. The number of aromatic nitrogens is 4. The number of nitrogens with zero attached hydrogens (tertiary/aromatic N) is 4. The Morgan fingerprint density at radius 3 is 2.16 bits per heavy atom. The van der Waals surface area contributed by atoms with E-state index in [1.807, 2.05) is 91.0 Å². The molecule has 0 fully saturated rings. The molecule has 0 radical (unpaired) electrons. The molecule has 0 saturated carbocycles. The first-order valence-corrected chi connectivity index (χ1v) is 11.9. The lowest BCUT2D eigenvalue weighted by molar-refractivity contribution is 0.0958. The third-order valence-corrected chi connectivity index (χ3v) is 6.37. The molecule has 37 heavy (non-hydrogen) atoms. The van der Waals surface area contributed by atoms with Crippen LogP contribution in [0.1, 0.15) is 16.1 Å². The Labute approximate surface area is 214 Å². The van der Waals surface area contributed by atoms with Gasteiger partial charge in [-0.15, -0.1) is 5.10 Å². The summed E-state index contributed by atoms with van der Waals surface area (Å²) in [6, 6.07) is 31.1. The normalized spacial score (nSPS) is 12.8. The number of carbonyl (C=O) groups excluding carboxylic acids is 1. The molecule has 7 nitrogen and oxygen atoms in total. The van der Waals surface area contributed by atoms with Gasteiger partial charge in [-0.2, -0.15) is 14.9 Å². The molecule has 0 atom stereocenters. The Kier molecular flexibility index (Phi) is 5.78. The quantitative estimate of drug-likeness (QED) is 0.331. The SMILES string of the molecule is COc1ccc(C2=C(Nc3cccnn3)Cc3c(-c4ccccc4)c(-c4ccccc4)nn3C2=O)cc1. The van der Waals surface area contributed by atoms with Crippen molar-refractivity contribution in [2.45, 2.75) is 6.42 Å².